The molecular weight excluding hydrogens is 656 g/mol. The van der Waals surface area contributed by atoms with Crippen molar-refractivity contribution in [1.82, 2.24) is 10.1 Å². The molecule has 2 saturated heterocycles. The Bertz CT molecular complexity index is 1740. The largest absolute Gasteiger partial charge is 0.372 e. The first kappa shape index (κ1) is 35.0. The molecule has 2 atom stereocenters. The van der Waals surface area contributed by atoms with Gasteiger partial charge in [0.2, 0.25) is 0 Å². The number of hydrogen-bond acceptors (Lipinski definition) is 8. The highest BCUT2D eigenvalue weighted by molar-refractivity contribution is 5.91. The zero-order valence-electron chi connectivity index (χ0n) is 26.9. The molecule has 0 unspecified atom stereocenters. The van der Waals surface area contributed by atoms with Crippen LogP contribution in [-0.4, -0.2) is 60.5 Å². The van der Waals surface area contributed by atoms with E-state index >= 15 is 0 Å². The lowest BCUT2D eigenvalue weighted by Gasteiger charge is -2.17. The van der Waals surface area contributed by atoms with E-state index in [0.717, 1.165) is 35.4 Å². The molecule has 2 fully saturated rings. The third-order valence-electron chi connectivity index (χ3n) is 8.44. The average molecular weight is 691 g/mol. The molecule has 6 rings (SSSR count). The first-order chi connectivity index (χ1) is 24.2. The van der Waals surface area contributed by atoms with Crippen LogP contribution < -0.4 is 0 Å². The first-order valence-corrected chi connectivity index (χ1v) is 16.1. The van der Waals surface area contributed by atoms with Gasteiger partial charge in [-0.25, -0.2) is 27.2 Å². The number of hydroxylamine groups is 4. The smallest absolute Gasteiger partial charge is 0.349 e. The lowest BCUT2D eigenvalue weighted by atomic mass is 9.99. The van der Waals surface area contributed by atoms with Crippen LogP contribution in [0.3, 0.4) is 0 Å². The molecule has 2 aliphatic heterocycles. The van der Waals surface area contributed by atoms with Gasteiger partial charge in [-0.2, -0.15) is 0 Å². The molecule has 8 nitrogen and oxygen atoms in total. The minimum absolute atomic E-state index is 0.177. The number of carbonyl (C=O) groups is 2. The van der Waals surface area contributed by atoms with Crippen LogP contribution in [0.2, 0.25) is 0 Å². The van der Waals surface area contributed by atoms with E-state index in [1.54, 1.807) is 24.3 Å². The fourth-order valence-corrected chi connectivity index (χ4v) is 5.93. The zero-order chi connectivity index (χ0) is 35.0. The number of carbonyl (C=O) groups excluding carboxylic acids is 2. The highest BCUT2D eigenvalue weighted by Crippen LogP contribution is 2.30. The van der Waals surface area contributed by atoms with Gasteiger partial charge in [0.15, 0.2) is 0 Å². The first-order valence-electron chi connectivity index (χ1n) is 16.1. The van der Waals surface area contributed by atoms with Gasteiger partial charge in [0.1, 0.15) is 23.3 Å². The second-order valence-electron chi connectivity index (χ2n) is 11.9. The van der Waals surface area contributed by atoms with Crippen molar-refractivity contribution in [2.75, 3.05) is 26.2 Å². The summed E-state index contributed by atoms with van der Waals surface area (Å²) in [4.78, 5) is 35.5. The average Bonchev–Trinajstić information content (AvgIpc) is 3.75. The molecule has 260 valence electrons. The molecule has 0 radical (unpaired) electrons. The summed E-state index contributed by atoms with van der Waals surface area (Å²) in [6.45, 7) is 1.79. The fraction of sp³-hybridized carbons (Fsp3) is 0.263. The third kappa shape index (κ3) is 9.01. The Labute approximate surface area is 286 Å². The van der Waals surface area contributed by atoms with Crippen molar-refractivity contribution in [2.24, 2.45) is 0 Å². The van der Waals surface area contributed by atoms with Crippen LogP contribution in [0.15, 0.2) is 97.1 Å². The number of benzene rings is 4. The quantitative estimate of drug-likeness (QED) is 0.117. The second kappa shape index (κ2) is 16.2. The van der Waals surface area contributed by atoms with Gasteiger partial charge in [-0.15, -0.1) is 10.1 Å². The number of hydrogen-bond donors (Lipinski definition) is 0. The number of halogens is 4. The second-order valence-corrected chi connectivity index (χ2v) is 11.9. The summed E-state index contributed by atoms with van der Waals surface area (Å²) in [6, 6.07) is 21.1. The molecule has 2 aliphatic rings. The molecule has 0 N–H and O–H groups in total. The van der Waals surface area contributed by atoms with Crippen LogP contribution in [0.25, 0.3) is 22.3 Å². The van der Waals surface area contributed by atoms with Crippen LogP contribution in [0, 0.1) is 23.3 Å². The topological polar surface area (TPSA) is 77.5 Å². The van der Waals surface area contributed by atoms with E-state index in [1.807, 2.05) is 24.3 Å². The summed E-state index contributed by atoms with van der Waals surface area (Å²) in [5.41, 5.74) is 3.21. The monoisotopic (exact) mass is 690 g/mol. The van der Waals surface area contributed by atoms with Gasteiger partial charge in [-0.3, -0.25) is 0 Å². The van der Waals surface area contributed by atoms with Gasteiger partial charge in [-0.1, -0.05) is 48.5 Å². The Balaban J connectivity index is 0.916. The molecule has 0 aromatic heterocycles. The minimum atomic E-state index is -0.751. The Morgan fingerprint density at radius 1 is 0.600 bits per heavy atom. The minimum Gasteiger partial charge on any atom is -0.372 e. The van der Waals surface area contributed by atoms with Gasteiger partial charge in [0.05, 0.1) is 38.5 Å². The van der Waals surface area contributed by atoms with Gasteiger partial charge >= 0.3 is 11.9 Å². The molecule has 4 aromatic rings. The zero-order valence-corrected chi connectivity index (χ0v) is 26.9. The maximum Gasteiger partial charge on any atom is 0.349 e. The molecule has 50 heavy (non-hydrogen) atoms. The van der Waals surface area contributed by atoms with Crippen LogP contribution in [0.1, 0.15) is 24.0 Å². The molecule has 0 aliphatic carbocycles. The number of nitrogens with zero attached hydrogens (tertiary/aromatic N) is 2. The SMILES string of the molecule is O=C(/C=C/C(=O)ON1CC[C@@H](OCc2ccccc2-c2ccc(F)cc2F)C1)ON1CC[C@@H](OCc2ccccc2-c2ccc(F)cc2F)C1. The molecule has 2 heterocycles. The van der Waals surface area contributed by atoms with E-state index in [-0.39, 0.29) is 36.5 Å². The van der Waals surface area contributed by atoms with Crippen molar-refractivity contribution < 1.29 is 46.3 Å². The summed E-state index contributed by atoms with van der Waals surface area (Å²) in [5.74, 6) is -4.14. The molecule has 4 aromatic carbocycles. The van der Waals surface area contributed by atoms with Crippen molar-refractivity contribution >= 4 is 11.9 Å². The summed E-state index contributed by atoms with van der Waals surface area (Å²) in [5, 5.41) is 2.89. The van der Waals surface area contributed by atoms with Gasteiger partial charge in [0.25, 0.3) is 0 Å². The summed E-state index contributed by atoms with van der Waals surface area (Å²) >= 11 is 0. The van der Waals surface area contributed by atoms with Crippen LogP contribution in [0.5, 0.6) is 0 Å². The standard InChI is InChI=1S/C38H34F4N2O6/c39-27-9-11-33(35(41)19-27)31-7-3-1-5-25(31)23-47-29-15-17-43(21-29)49-37(45)13-14-38(46)50-44-18-16-30(22-44)48-24-26-6-2-4-8-32(26)34-12-10-28(40)20-36(34)42/h1-14,19-20,29-30H,15-18,21-24H2/b14-13+/t29-,30-/m1/s1. The van der Waals surface area contributed by atoms with E-state index in [2.05, 4.69) is 0 Å². The van der Waals surface area contributed by atoms with Crippen LogP contribution in [0.4, 0.5) is 17.6 Å². The van der Waals surface area contributed by atoms with Crippen molar-refractivity contribution in [3.8, 4) is 22.3 Å². The van der Waals surface area contributed by atoms with Gasteiger partial charge in [0, 0.05) is 48.5 Å². The Morgan fingerprint density at radius 2 is 1.02 bits per heavy atom. The predicted octanol–water partition coefficient (Wildman–Crippen LogP) is 6.93. The molecule has 0 spiro atoms. The van der Waals surface area contributed by atoms with Crippen molar-refractivity contribution in [3.05, 3.63) is 131 Å². The molecular formula is C38H34F4N2O6. The van der Waals surface area contributed by atoms with E-state index < -0.39 is 35.2 Å². The van der Waals surface area contributed by atoms with Crippen LogP contribution >= 0.6 is 0 Å². The van der Waals surface area contributed by atoms with Crippen molar-refractivity contribution in [3.63, 3.8) is 0 Å². The molecule has 12 heteroatoms. The van der Waals surface area contributed by atoms with E-state index in [0.29, 0.717) is 50.1 Å². The Hall–Kier alpha value is -4.88. The molecule has 0 bridgehead atoms. The summed E-state index contributed by atoms with van der Waals surface area (Å²) in [6.07, 6.45) is 2.62. The molecule has 0 saturated carbocycles. The lowest BCUT2D eigenvalue weighted by molar-refractivity contribution is -0.183. The molecule has 0 amide bonds. The van der Waals surface area contributed by atoms with Crippen LogP contribution in [-0.2, 0) is 42.0 Å². The van der Waals surface area contributed by atoms with E-state index in [4.69, 9.17) is 19.1 Å². The lowest BCUT2D eigenvalue weighted by Crippen LogP contribution is -2.27. The maximum atomic E-state index is 14.4. The fourth-order valence-electron chi connectivity index (χ4n) is 5.93. The van der Waals surface area contributed by atoms with Gasteiger partial charge < -0.3 is 19.1 Å². The maximum absolute atomic E-state index is 14.4. The summed E-state index contributed by atoms with van der Waals surface area (Å²) in [7, 11) is 0. The van der Waals surface area contributed by atoms with Gasteiger partial charge in [-0.05, 0) is 59.4 Å². The Kier molecular flexibility index (Phi) is 11.3. The van der Waals surface area contributed by atoms with E-state index in [9.17, 15) is 27.2 Å². The number of ether oxygens (including phenoxy) is 2. The highest BCUT2D eigenvalue weighted by atomic mass is 19.1. The predicted molar refractivity (Wildman–Crippen MR) is 174 cm³/mol. The summed E-state index contributed by atoms with van der Waals surface area (Å²) < 4.78 is 67.7. The third-order valence-corrected chi connectivity index (χ3v) is 8.44. The van der Waals surface area contributed by atoms with E-state index in [1.165, 1.54) is 34.4 Å². The normalized spacial score (nSPS) is 18.2. The van der Waals surface area contributed by atoms with Crippen molar-refractivity contribution in [1.29, 1.82) is 0 Å². The highest BCUT2D eigenvalue weighted by Gasteiger charge is 2.28. The number of rotatable bonds is 12. The Morgan fingerprint density at radius 3 is 1.44 bits per heavy atom. The van der Waals surface area contributed by atoms with Crippen molar-refractivity contribution in [2.45, 2.75) is 38.3 Å².